The van der Waals surface area contributed by atoms with Gasteiger partial charge < -0.3 is 9.80 Å². The zero-order valence-corrected chi connectivity index (χ0v) is 18.6. The molecule has 1 aliphatic heterocycles. The predicted molar refractivity (Wildman–Crippen MR) is 124 cm³/mol. The molecule has 1 aliphatic rings. The number of benzene rings is 2. The van der Waals surface area contributed by atoms with Crippen molar-refractivity contribution < 1.29 is 9.18 Å². The summed E-state index contributed by atoms with van der Waals surface area (Å²) in [6.07, 6.45) is 0. The van der Waals surface area contributed by atoms with Crippen LogP contribution in [0.15, 0.2) is 66.0 Å². The largest absolute Gasteiger partial charge is 0.367 e. The molecule has 0 atom stereocenters. The maximum absolute atomic E-state index is 13.4. The summed E-state index contributed by atoms with van der Waals surface area (Å²) in [5.41, 5.74) is 1.62. The van der Waals surface area contributed by atoms with E-state index in [9.17, 15) is 9.18 Å². The topological polar surface area (TPSA) is 54.3 Å². The molecular formula is C23H19ClFN5OS. The molecule has 1 fully saturated rings. The molecule has 162 valence electrons. The van der Waals surface area contributed by atoms with Crippen LogP contribution >= 0.6 is 22.9 Å². The smallest absolute Gasteiger partial charge is 0.293 e. The normalized spacial score (nSPS) is 14.1. The number of para-hydroxylation sites is 1. The summed E-state index contributed by atoms with van der Waals surface area (Å²) >= 11 is 7.83. The average molecular weight is 468 g/mol. The molecule has 0 N–H and O–H groups in total. The first-order chi connectivity index (χ1) is 15.6. The fourth-order valence-electron chi connectivity index (χ4n) is 3.73. The quantitative estimate of drug-likeness (QED) is 0.434. The van der Waals surface area contributed by atoms with Crippen LogP contribution in [0.2, 0.25) is 5.02 Å². The van der Waals surface area contributed by atoms with Gasteiger partial charge in [0, 0.05) is 26.2 Å². The van der Waals surface area contributed by atoms with Crippen LogP contribution in [0, 0.1) is 5.82 Å². The van der Waals surface area contributed by atoms with E-state index in [0.717, 1.165) is 10.6 Å². The van der Waals surface area contributed by atoms with Gasteiger partial charge in [-0.2, -0.15) is 0 Å². The number of anilines is 1. The first-order valence-corrected chi connectivity index (χ1v) is 11.4. The molecule has 4 aromatic rings. The van der Waals surface area contributed by atoms with Crippen molar-refractivity contribution in [2.24, 2.45) is 0 Å². The minimum absolute atomic E-state index is 0.129. The van der Waals surface area contributed by atoms with E-state index in [2.05, 4.69) is 15.0 Å². The Balaban J connectivity index is 1.39. The first-order valence-electron chi connectivity index (χ1n) is 10.2. The summed E-state index contributed by atoms with van der Waals surface area (Å²) in [7, 11) is 0. The number of thiophene rings is 1. The number of nitrogens with zero attached hydrogens (tertiary/aromatic N) is 5. The molecule has 0 bridgehead atoms. The zero-order chi connectivity index (χ0) is 22.1. The van der Waals surface area contributed by atoms with Gasteiger partial charge in [-0.1, -0.05) is 29.8 Å². The Kier molecular flexibility index (Phi) is 5.63. The van der Waals surface area contributed by atoms with Crippen molar-refractivity contribution in [3.8, 4) is 16.4 Å². The second-order valence-electron chi connectivity index (χ2n) is 7.36. The van der Waals surface area contributed by atoms with Crippen LogP contribution in [0.1, 0.15) is 10.6 Å². The molecule has 6 nitrogen and oxygen atoms in total. The van der Waals surface area contributed by atoms with Crippen molar-refractivity contribution in [1.29, 1.82) is 0 Å². The van der Waals surface area contributed by atoms with E-state index in [1.54, 1.807) is 21.7 Å². The molecule has 2 aromatic carbocycles. The van der Waals surface area contributed by atoms with Crippen LogP contribution in [0.5, 0.6) is 0 Å². The van der Waals surface area contributed by atoms with Gasteiger partial charge >= 0.3 is 0 Å². The molecule has 1 saturated heterocycles. The molecule has 9 heteroatoms. The average Bonchev–Trinajstić information content (AvgIpc) is 3.50. The minimum Gasteiger partial charge on any atom is -0.367 e. The van der Waals surface area contributed by atoms with E-state index in [0.29, 0.717) is 42.7 Å². The third kappa shape index (κ3) is 3.99. The predicted octanol–water partition coefficient (Wildman–Crippen LogP) is 4.75. The van der Waals surface area contributed by atoms with Crippen molar-refractivity contribution in [1.82, 2.24) is 19.7 Å². The van der Waals surface area contributed by atoms with Gasteiger partial charge in [-0.25, -0.2) is 14.1 Å². The van der Waals surface area contributed by atoms with Crippen molar-refractivity contribution in [2.45, 2.75) is 0 Å². The summed E-state index contributed by atoms with van der Waals surface area (Å²) in [5, 5.41) is 7.14. The maximum Gasteiger partial charge on any atom is 0.293 e. The van der Waals surface area contributed by atoms with Crippen LogP contribution in [0.3, 0.4) is 0 Å². The van der Waals surface area contributed by atoms with Crippen molar-refractivity contribution >= 4 is 34.5 Å². The Morgan fingerprint density at radius 3 is 2.41 bits per heavy atom. The zero-order valence-electron chi connectivity index (χ0n) is 17.0. The highest BCUT2D eigenvalue weighted by molar-refractivity contribution is 7.13. The lowest BCUT2D eigenvalue weighted by Crippen LogP contribution is -2.49. The molecule has 5 rings (SSSR count). The Morgan fingerprint density at radius 2 is 1.72 bits per heavy atom. The van der Waals surface area contributed by atoms with E-state index >= 15 is 0 Å². The fraction of sp³-hybridized carbons (Fsp3) is 0.174. The highest BCUT2D eigenvalue weighted by Gasteiger charge is 2.27. The van der Waals surface area contributed by atoms with E-state index in [1.807, 2.05) is 41.8 Å². The third-order valence-electron chi connectivity index (χ3n) is 5.37. The molecule has 0 unspecified atom stereocenters. The van der Waals surface area contributed by atoms with E-state index in [1.165, 1.54) is 23.5 Å². The minimum atomic E-state index is -0.334. The monoisotopic (exact) mass is 467 g/mol. The number of piperazine rings is 1. The van der Waals surface area contributed by atoms with Crippen LogP contribution in [0.4, 0.5) is 10.1 Å². The molecule has 1 amide bonds. The highest BCUT2D eigenvalue weighted by atomic mass is 35.5. The Labute approximate surface area is 193 Å². The summed E-state index contributed by atoms with van der Waals surface area (Å²) < 4.78 is 15.0. The fourth-order valence-corrected chi connectivity index (χ4v) is 4.68. The van der Waals surface area contributed by atoms with E-state index < -0.39 is 0 Å². The Morgan fingerprint density at radius 1 is 0.969 bits per heavy atom. The number of halogens is 2. The Bertz CT molecular complexity index is 1230. The maximum atomic E-state index is 13.4. The van der Waals surface area contributed by atoms with Crippen LogP contribution < -0.4 is 4.90 Å². The molecule has 0 aliphatic carbocycles. The summed E-state index contributed by atoms with van der Waals surface area (Å²) in [6.45, 7) is 2.44. The third-order valence-corrected chi connectivity index (χ3v) is 6.56. The lowest BCUT2D eigenvalue weighted by molar-refractivity contribution is 0.0734. The lowest BCUT2D eigenvalue weighted by atomic mass is 10.2. The SMILES string of the molecule is O=C(c1nc(-c2cccs2)n(-c2ccc(F)cc2)n1)N1CCN(c2ccccc2Cl)CC1. The lowest BCUT2D eigenvalue weighted by Gasteiger charge is -2.36. The summed E-state index contributed by atoms with van der Waals surface area (Å²) in [6, 6.07) is 17.5. The molecule has 32 heavy (non-hydrogen) atoms. The van der Waals surface area contributed by atoms with Gasteiger partial charge in [0.05, 0.1) is 21.3 Å². The Hall–Kier alpha value is -3.23. The van der Waals surface area contributed by atoms with E-state index in [-0.39, 0.29) is 17.5 Å². The molecular weight excluding hydrogens is 449 g/mol. The number of amides is 1. The van der Waals surface area contributed by atoms with Gasteiger partial charge in [0.2, 0.25) is 5.82 Å². The summed E-state index contributed by atoms with van der Waals surface area (Å²) in [5.74, 6) is 0.135. The second kappa shape index (κ2) is 8.72. The molecule has 0 spiro atoms. The second-order valence-corrected chi connectivity index (χ2v) is 8.71. The number of carbonyl (C=O) groups is 1. The number of hydrogen-bond acceptors (Lipinski definition) is 5. The van der Waals surface area contributed by atoms with Crippen molar-refractivity contribution in [3.05, 3.63) is 82.7 Å². The van der Waals surface area contributed by atoms with Crippen molar-refractivity contribution in [2.75, 3.05) is 31.1 Å². The molecule has 2 aromatic heterocycles. The van der Waals surface area contributed by atoms with Gasteiger partial charge in [0.25, 0.3) is 5.91 Å². The van der Waals surface area contributed by atoms with Gasteiger partial charge in [0.15, 0.2) is 5.82 Å². The number of aromatic nitrogens is 3. The first kappa shape index (κ1) is 20.7. The van der Waals surface area contributed by atoms with Gasteiger partial charge in [-0.15, -0.1) is 16.4 Å². The number of hydrogen-bond donors (Lipinski definition) is 0. The van der Waals surface area contributed by atoms with Gasteiger partial charge in [0.1, 0.15) is 5.82 Å². The van der Waals surface area contributed by atoms with E-state index in [4.69, 9.17) is 11.6 Å². The number of rotatable bonds is 4. The van der Waals surface area contributed by atoms with Crippen molar-refractivity contribution in [3.63, 3.8) is 0 Å². The van der Waals surface area contributed by atoms with Crippen LogP contribution in [0.25, 0.3) is 16.4 Å². The van der Waals surface area contributed by atoms with Gasteiger partial charge in [-0.05, 0) is 47.8 Å². The highest BCUT2D eigenvalue weighted by Crippen LogP contribution is 2.28. The summed E-state index contributed by atoms with van der Waals surface area (Å²) in [4.78, 5) is 22.6. The van der Waals surface area contributed by atoms with Crippen LogP contribution in [-0.4, -0.2) is 51.8 Å². The molecule has 3 heterocycles. The van der Waals surface area contributed by atoms with Gasteiger partial charge in [-0.3, -0.25) is 4.79 Å². The molecule has 0 saturated carbocycles. The van der Waals surface area contributed by atoms with Crippen LogP contribution in [-0.2, 0) is 0 Å². The number of carbonyl (C=O) groups excluding carboxylic acids is 1. The molecule has 0 radical (unpaired) electrons. The standard InChI is InChI=1S/C23H19ClFN5OS/c24-18-4-1-2-5-19(18)28-11-13-29(14-12-28)23(31)21-26-22(20-6-3-15-32-20)30(27-21)17-9-7-16(25)8-10-17/h1-10,15H,11-14H2.